The van der Waals surface area contributed by atoms with E-state index in [2.05, 4.69) is 45.7 Å². The van der Waals surface area contributed by atoms with E-state index in [0.717, 1.165) is 35.3 Å². The van der Waals surface area contributed by atoms with Gasteiger partial charge in [-0.3, -0.25) is 0 Å². The summed E-state index contributed by atoms with van der Waals surface area (Å²) in [6.45, 7) is 13.8. The molecule has 0 fully saturated rings. The lowest BCUT2D eigenvalue weighted by molar-refractivity contribution is 0.240. The lowest BCUT2D eigenvalue weighted by atomic mass is 10.1. The van der Waals surface area contributed by atoms with Gasteiger partial charge in [0.2, 0.25) is 5.89 Å². The van der Waals surface area contributed by atoms with E-state index in [1.165, 1.54) is 5.56 Å². The third kappa shape index (κ3) is 7.40. The van der Waals surface area contributed by atoms with Crippen molar-refractivity contribution in [3.63, 3.8) is 0 Å². The Bertz CT molecular complexity index is 737. The fraction of sp³-hybridized carbons (Fsp3) is 0.500. The third-order valence-corrected chi connectivity index (χ3v) is 3.82. The monoisotopic (exact) mass is 486 g/mol. The van der Waals surface area contributed by atoms with E-state index in [0.29, 0.717) is 19.0 Å². The molecule has 0 saturated carbocycles. The van der Waals surface area contributed by atoms with Gasteiger partial charge < -0.3 is 19.8 Å². The Morgan fingerprint density at radius 1 is 1.22 bits per heavy atom. The maximum atomic E-state index is 5.93. The Balaban J connectivity index is 0.00000364. The number of benzene rings is 1. The molecule has 27 heavy (non-hydrogen) atoms. The number of aliphatic imine (C=N–C) groups is 1. The molecule has 2 N–H and O–H groups in total. The summed E-state index contributed by atoms with van der Waals surface area (Å²) in [5.41, 5.74) is 3.15. The summed E-state index contributed by atoms with van der Waals surface area (Å²) >= 11 is 0. The van der Waals surface area contributed by atoms with Crippen LogP contribution in [0.2, 0.25) is 0 Å². The van der Waals surface area contributed by atoms with Crippen LogP contribution in [0.5, 0.6) is 5.75 Å². The summed E-state index contributed by atoms with van der Waals surface area (Å²) in [6.07, 6.45) is 0.127. The smallest absolute Gasteiger partial charge is 0.214 e. The van der Waals surface area contributed by atoms with Crippen LogP contribution in [0.4, 0.5) is 0 Å². The van der Waals surface area contributed by atoms with Crippen molar-refractivity contribution >= 4 is 29.9 Å². The normalized spacial score (nSPS) is 11.3. The van der Waals surface area contributed by atoms with Gasteiger partial charge in [-0.25, -0.2) is 9.98 Å². The summed E-state index contributed by atoms with van der Waals surface area (Å²) in [4.78, 5) is 9.06. The Kier molecular flexibility index (Phi) is 9.62. The second kappa shape index (κ2) is 11.2. The summed E-state index contributed by atoms with van der Waals surface area (Å²) < 4.78 is 11.5. The van der Waals surface area contributed by atoms with Crippen LogP contribution in [-0.4, -0.2) is 23.6 Å². The van der Waals surface area contributed by atoms with Gasteiger partial charge in [-0.1, -0.05) is 12.1 Å². The van der Waals surface area contributed by atoms with Gasteiger partial charge in [-0.05, 0) is 53.2 Å². The molecule has 0 amide bonds. The number of nitrogens with zero attached hydrogens (tertiary/aromatic N) is 2. The van der Waals surface area contributed by atoms with Gasteiger partial charge >= 0.3 is 0 Å². The Morgan fingerprint density at radius 3 is 2.56 bits per heavy atom. The van der Waals surface area contributed by atoms with E-state index in [-0.39, 0.29) is 30.1 Å². The number of halogens is 1. The molecule has 2 rings (SSSR count). The Morgan fingerprint density at radius 2 is 1.96 bits per heavy atom. The van der Waals surface area contributed by atoms with Crippen LogP contribution in [0.25, 0.3) is 0 Å². The van der Waals surface area contributed by atoms with Gasteiger partial charge in [0.25, 0.3) is 0 Å². The van der Waals surface area contributed by atoms with E-state index >= 15 is 0 Å². The van der Waals surface area contributed by atoms with Crippen molar-refractivity contribution in [2.75, 3.05) is 6.54 Å². The lowest BCUT2D eigenvalue weighted by Crippen LogP contribution is -2.36. The molecule has 1 heterocycles. The summed E-state index contributed by atoms with van der Waals surface area (Å²) in [5, 5.41) is 6.51. The SMILES string of the molecule is CCNC(=NCc1ccc(C)cc1OC(C)C)NCc1nc(C)c(C)o1.I. The van der Waals surface area contributed by atoms with Crippen LogP contribution < -0.4 is 15.4 Å². The molecule has 0 aliphatic carbocycles. The zero-order valence-corrected chi connectivity index (χ0v) is 19.4. The highest BCUT2D eigenvalue weighted by Gasteiger charge is 2.08. The standard InChI is InChI=1S/C20H30N4O2.HI/c1-7-21-20(23-12-19-24-15(5)16(6)26-19)22-11-17-9-8-14(4)10-18(17)25-13(2)3;/h8-10,13H,7,11-12H2,1-6H3,(H2,21,22,23);1H. The van der Waals surface area contributed by atoms with Crippen molar-refractivity contribution < 1.29 is 9.15 Å². The molecule has 0 bridgehead atoms. The van der Waals surface area contributed by atoms with Gasteiger partial charge in [-0.15, -0.1) is 24.0 Å². The minimum atomic E-state index is 0. The lowest BCUT2D eigenvalue weighted by Gasteiger charge is -2.15. The zero-order valence-electron chi connectivity index (χ0n) is 17.0. The van der Waals surface area contributed by atoms with Crippen LogP contribution in [0.15, 0.2) is 27.6 Å². The van der Waals surface area contributed by atoms with Crippen LogP contribution in [0.3, 0.4) is 0 Å². The zero-order chi connectivity index (χ0) is 19.1. The van der Waals surface area contributed by atoms with Crippen LogP contribution >= 0.6 is 24.0 Å². The molecule has 0 aliphatic heterocycles. The fourth-order valence-corrected chi connectivity index (χ4v) is 2.44. The van der Waals surface area contributed by atoms with Gasteiger partial charge in [0.15, 0.2) is 5.96 Å². The molecule has 0 atom stereocenters. The first-order valence-corrected chi connectivity index (χ1v) is 9.10. The van der Waals surface area contributed by atoms with Crippen LogP contribution in [-0.2, 0) is 13.1 Å². The molecular formula is C20H31IN4O2. The maximum Gasteiger partial charge on any atom is 0.214 e. The first-order valence-electron chi connectivity index (χ1n) is 9.10. The predicted octanol–water partition coefficient (Wildman–Crippen LogP) is 4.26. The maximum absolute atomic E-state index is 5.93. The number of hydrogen-bond donors (Lipinski definition) is 2. The van der Waals surface area contributed by atoms with E-state index in [4.69, 9.17) is 9.15 Å². The highest BCUT2D eigenvalue weighted by molar-refractivity contribution is 14.0. The van der Waals surface area contributed by atoms with Crippen molar-refractivity contribution in [3.05, 3.63) is 46.7 Å². The number of guanidine groups is 1. The highest BCUT2D eigenvalue weighted by atomic mass is 127. The molecule has 0 spiro atoms. The molecule has 2 aromatic rings. The number of nitrogens with one attached hydrogen (secondary N) is 2. The number of aromatic nitrogens is 1. The van der Waals surface area contributed by atoms with E-state index in [9.17, 15) is 0 Å². The van der Waals surface area contributed by atoms with E-state index in [1.54, 1.807) is 0 Å². The second-order valence-corrected chi connectivity index (χ2v) is 6.58. The van der Waals surface area contributed by atoms with Crippen molar-refractivity contribution in [2.24, 2.45) is 4.99 Å². The average molecular weight is 486 g/mol. The van der Waals surface area contributed by atoms with Crippen molar-refractivity contribution in [3.8, 4) is 5.75 Å². The molecule has 1 aromatic carbocycles. The van der Waals surface area contributed by atoms with E-state index < -0.39 is 0 Å². The second-order valence-electron chi connectivity index (χ2n) is 6.58. The Labute approximate surface area is 179 Å². The van der Waals surface area contributed by atoms with Gasteiger partial charge in [-0.2, -0.15) is 0 Å². The van der Waals surface area contributed by atoms with Crippen LogP contribution in [0.1, 0.15) is 49.2 Å². The molecule has 1 aromatic heterocycles. The molecule has 150 valence electrons. The molecule has 0 unspecified atom stereocenters. The number of aryl methyl sites for hydroxylation is 3. The van der Waals surface area contributed by atoms with Gasteiger partial charge in [0.05, 0.1) is 24.9 Å². The third-order valence-electron chi connectivity index (χ3n) is 3.82. The van der Waals surface area contributed by atoms with Crippen LogP contribution in [0, 0.1) is 20.8 Å². The fourth-order valence-electron chi connectivity index (χ4n) is 2.44. The number of oxazole rings is 1. The predicted molar refractivity (Wildman–Crippen MR) is 120 cm³/mol. The minimum absolute atomic E-state index is 0. The number of hydrogen-bond acceptors (Lipinski definition) is 4. The summed E-state index contributed by atoms with van der Waals surface area (Å²) in [5.74, 6) is 3.11. The van der Waals surface area contributed by atoms with Crippen molar-refractivity contribution in [2.45, 2.75) is 60.7 Å². The molecule has 0 aliphatic rings. The topological polar surface area (TPSA) is 71.7 Å². The molecule has 0 saturated heterocycles. The first kappa shape index (κ1) is 23.3. The average Bonchev–Trinajstić information content (AvgIpc) is 2.89. The minimum Gasteiger partial charge on any atom is -0.491 e. The molecular weight excluding hydrogens is 455 g/mol. The van der Waals surface area contributed by atoms with Crippen molar-refractivity contribution in [1.82, 2.24) is 15.6 Å². The molecule has 6 nitrogen and oxygen atoms in total. The quantitative estimate of drug-likeness (QED) is 0.348. The number of ether oxygens (including phenoxy) is 1. The highest BCUT2D eigenvalue weighted by Crippen LogP contribution is 2.22. The number of rotatable bonds is 7. The largest absolute Gasteiger partial charge is 0.491 e. The first-order chi connectivity index (χ1) is 12.4. The van der Waals surface area contributed by atoms with Gasteiger partial charge in [0.1, 0.15) is 11.5 Å². The Hall–Kier alpha value is -1.77. The molecule has 7 heteroatoms. The van der Waals surface area contributed by atoms with E-state index in [1.807, 2.05) is 34.6 Å². The summed E-state index contributed by atoms with van der Waals surface area (Å²) in [7, 11) is 0. The molecule has 0 radical (unpaired) electrons. The van der Waals surface area contributed by atoms with Crippen molar-refractivity contribution in [1.29, 1.82) is 0 Å². The van der Waals surface area contributed by atoms with Gasteiger partial charge in [0, 0.05) is 12.1 Å². The summed E-state index contributed by atoms with van der Waals surface area (Å²) in [6, 6.07) is 6.21.